The van der Waals surface area contributed by atoms with Crippen LogP contribution < -0.4 is 11.5 Å². The van der Waals surface area contributed by atoms with Crippen LogP contribution in [0.15, 0.2) is 24.3 Å². The molecule has 1 aromatic carbocycles. The van der Waals surface area contributed by atoms with Crippen molar-refractivity contribution < 1.29 is 4.79 Å². The minimum Gasteiger partial charge on any atom is -0.366 e. The van der Waals surface area contributed by atoms with Gasteiger partial charge < -0.3 is 11.5 Å². The molecule has 1 aliphatic rings. The van der Waals surface area contributed by atoms with E-state index in [1.807, 2.05) is 12.1 Å². The minimum atomic E-state index is -0.376. The van der Waals surface area contributed by atoms with Crippen molar-refractivity contribution in [3.05, 3.63) is 35.4 Å². The zero-order chi connectivity index (χ0) is 13.1. The third-order valence-corrected chi connectivity index (χ3v) is 3.75. The maximum atomic E-state index is 11.0. The number of hydrogen-bond acceptors (Lipinski definition) is 3. The number of rotatable bonds is 4. The van der Waals surface area contributed by atoms with Gasteiger partial charge in [0.05, 0.1) is 0 Å². The molecule has 2 unspecified atom stereocenters. The summed E-state index contributed by atoms with van der Waals surface area (Å²) < 4.78 is 0. The lowest BCUT2D eigenvalue weighted by Gasteiger charge is -2.21. The van der Waals surface area contributed by atoms with E-state index in [2.05, 4.69) is 11.8 Å². The van der Waals surface area contributed by atoms with Crippen LogP contribution in [0.4, 0.5) is 0 Å². The van der Waals surface area contributed by atoms with E-state index in [0.29, 0.717) is 17.5 Å². The van der Waals surface area contributed by atoms with E-state index < -0.39 is 0 Å². The van der Waals surface area contributed by atoms with Gasteiger partial charge in [0.15, 0.2) is 0 Å². The Morgan fingerprint density at radius 3 is 2.56 bits per heavy atom. The first-order valence-electron chi connectivity index (χ1n) is 6.43. The average molecular weight is 247 g/mol. The Morgan fingerprint density at radius 1 is 1.39 bits per heavy atom. The van der Waals surface area contributed by atoms with Crippen molar-refractivity contribution >= 4 is 5.91 Å². The van der Waals surface area contributed by atoms with Gasteiger partial charge in [-0.2, -0.15) is 0 Å². The predicted octanol–water partition coefficient (Wildman–Crippen LogP) is 0.955. The molecular weight excluding hydrogens is 226 g/mol. The molecule has 1 amide bonds. The predicted molar refractivity (Wildman–Crippen MR) is 72.0 cm³/mol. The minimum absolute atomic E-state index is 0.376. The standard InChI is InChI=1S/C14H21N3O/c1-10-6-12(7-15)9-17(10)8-11-2-4-13(5-3-11)14(16)18/h2-5,10,12H,6-9,15H2,1H3,(H2,16,18). The second kappa shape index (κ2) is 5.50. The van der Waals surface area contributed by atoms with Crippen molar-refractivity contribution in [2.24, 2.45) is 17.4 Å². The van der Waals surface area contributed by atoms with Crippen molar-refractivity contribution in [2.75, 3.05) is 13.1 Å². The van der Waals surface area contributed by atoms with Gasteiger partial charge in [0, 0.05) is 24.7 Å². The zero-order valence-electron chi connectivity index (χ0n) is 10.8. The number of carbonyl (C=O) groups is 1. The van der Waals surface area contributed by atoms with Crippen molar-refractivity contribution in [3.63, 3.8) is 0 Å². The molecule has 0 spiro atoms. The van der Waals surface area contributed by atoms with E-state index in [0.717, 1.165) is 19.6 Å². The first-order valence-corrected chi connectivity index (χ1v) is 6.43. The van der Waals surface area contributed by atoms with Crippen LogP contribution in [0.1, 0.15) is 29.3 Å². The van der Waals surface area contributed by atoms with Crippen LogP contribution in [-0.4, -0.2) is 29.9 Å². The first kappa shape index (κ1) is 13.1. The fraction of sp³-hybridized carbons (Fsp3) is 0.500. The van der Waals surface area contributed by atoms with E-state index in [9.17, 15) is 4.79 Å². The van der Waals surface area contributed by atoms with Gasteiger partial charge in [0.25, 0.3) is 0 Å². The molecule has 1 saturated heterocycles. The first-order chi connectivity index (χ1) is 8.60. The van der Waals surface area contributed by atoms with E-state index in [1.165, 1.54) is 12.0 Å². The number of nitrogens with zero attached hydrogens (tertiary/aromatic N) is 1. The smallest absolute Gasteiger partial charge is 0.248 e. The fourth-order valence-corrected chi connectivity index (χ4v) is 2.62. The third kappa shape index (κ3) is 2.89. The summed E-state index contributed by atoms with van der Waals surface area (Å²) in [6.45, 7) is 4.99. The van der Waals surface area contributed by atoms with Crippen molar-refractivity contribution in [3.8, 4) is 0 Å². The average Bonchev–Trinajstić information content (AvgIpc) is 2.71. The Morgan fingerprint density at radius 2 is 2.06 bits per heavy atom. The number of nitrogens with two attached hydrogens (primary N) is 2. The molecule has 1 aromatic rings. The number of likely N-dealkylation sites (tertiary alicyclic amines) is 1. The molecule has 2 atom stereocenters. The number of carbonyl (C=O) groups excluding carboxylic acids is 1. The van der Waals surface area contributed by atoms with Crippen LogP contribution in [0, 0.1) is 5.92 Å². The summed E-state index contributed by atoms with van der Waals surface area (Å²) in [5.74, 6) is 0.240. The normalized spacial score (nSPS) is 24.3. The lowest BCUT2D eigenvalue weighted by atomic mass is 10.1. The molecule has 0 radical (unpaired) electrons. The molecule has 1 heterocycles. The Balaban J connectivity index is 1.99. The van der Waals surface area contributed by atoms with E-state index >= 15 is 0 Å². The zero-order valence-corrected chi connectivity index (χ0v) is 10.8. The molecule has 18 heavy (non-hydrogen) atoms. The fourth-order valence-electron chi connectivity index (χ4n) is 2.62. The number of primary amides is 1. The summed E-state index contributed by atoms with van der Waals surface area (Å²) in [5.41, 5.74) is 12.7. The number of benzene rings is 1. The van der Waals surface area contributed by atoms with Gasteiger partial charge in [-0.3, -0.25) is 9.69 Å². The van der Waals surface area contributed by atoms with Crippen LogP contribution in [0.2, 0.25) is 0 Å². The lowest BCUT2D eigenvalue weighted by Crippen LogP contribution is -2.27. The molecule has 0 aromatic heterocycles. The Bertz CT molecular complexity index is 416. The van der Waals surface area contributed by atoms with Gasteiger partial charge >= 0.3 is 0 Å². The van der Waals surface area contributed by atoms with Gasteiger partial charge in [0.2, 0.25) is 5.91 Å². The van der Waals surface area contributed by atoms with Gasteiger partial charge in [-0.1, -0.05) is 12.1 Å². The number of amides is 1. The maximum absolute atomic E-state index is 11.0. The summed E-state index contributed by atoms with van der Waals surface area (Å²) in [6, 6.07) is 8.11. The molecule has 1 fully saturated rings. The van der Waals surface area contributed by atoms with Gasteiger partial charge in [-0.15, -0.1) is 0 Å². The van der Waals surface area contributed by atoms with Crippen LogP contribution in [0.25, 0.3) is 0 Å². The molecule has 2 rings (SSSR count). The van der Waals surface area contributed by atoms with E-state index in [4.69, 9.17) is 11.5 Å². The molecule has 0 aliphatic carbocycles. The molecule has 4 N–H and O–H groups in total. The third-order valence-electron chi connectivity index (χ3n) is 3.75. The Kier molecular flexibility index (Phi) is 3.99. The Hall–Kier alpha value is -1.39. The second-order valence-corrected chi connectivity index (χ2v) is 5.18. The highest BCUT2D eigenvalue weighted by molar-refractivity contribution is 5.92. The highest BCUT2D eigenvalue weighted by Crippen LogP contribution is 2.24. The van der Waals surface area contributed by atoms with Crippen LogP contribution in [-0.2, 0) is 6.54 Å². The van der Waals surface area contributed by atoms with Gasteiger partial charge in [0.1, 0.15) is 0 Å². The summed E-state index contributed by atoms with van der Waals surface area (Å²) in [4.78, 5) is 13.4. The highest BCUT2D eigenvalue weighted by Gasteiger charge is 2.27. The van der Waals surface area contributed by atoms with Crippen LogP contribution >= 0.6 is 0 Å². The summed E-state index contributed by atoms with van der Waals surface area (Å²) in [5, 5.41) is 0. The SMILES string of the molecule is CC1CC(CN)CN1Cc1ccc(C(N)=O)cc1. The van der Waals surface area contributed by atoms with Crippen molar-refractivity contribution in [1.29, 1.82) is 0 Å². The topological polar surface area (TPSA) is 72.3 Å². The van der Waals surface area contributed by atoms with E-state index in [1.54, 1.807) is 12.1 Å². The molecule has 98 valence electrons. The van der Waals surface area contributed by atoms with Crippen LogP contribution in [0.3, 0.4) is 0 Å². The second-order valence-electron chi connectivity index (χ2n) is 5.18. The molecule has 4 nitrogen and oxygen atoms in total. The molecule has 0 bridgehead atoms. The van der Waals surface area contributed by atoms with Crippen molar-refractivity contribution in [2.45, 2.75) is 25.9 Å². The molecule has 0 saturated carbocycles. The lowest BCUT2D eigenvalue weighted by molar-refractivity contribution is 0.100. The maximum Gasteiger partial charge on any atom is 0.248 e. The molecular formula is C14H21N3O. The van der Waals surface area contributed by atoms with Gasteiger partial charge in [-0.05, 0) is 43.5 Å². The molecule has 1 aliphatic heterocycles. The number of hydrogen-bond donors (Lipinski definition) is 2. The quantitative estimate of drug-likeness (QED) is 0.832. The summed E-state index contributed by atoms with van der Waals surface area (Å²) in [6.07, 6.45) is 1.18. The monoisotopic (exact) mass is 247 g/mol. The van der Waals surface area contributed by atoms with Gasteiger partial charge in [-0.25, -0.2) is 0 Å². The largest absolute Gasteiger partial charge is 0.366 e. The highest BCUT2D eigenvalue weighted by atomic mass is 16.1. The Labute approximate surface area is 108 Å². The van der Waals surface area contributed by atoms with Crippen molar-refractivity contribution in [1.82, 2.24) is 4.90 Å². The summed E-state index contributed by atoms with van der Waals surface area (Å²) >= 11 is 0. The van der Waals surface area contributed by atoms with Crippen LogP contribution in [0.5, 0.6) is 0 Å². The van der Waals surface area contributed by atoms with E-state index in [-0.39, 0.29) is 5.91 Å². The molecule has 4 heteroatoms. The summed E-state index contributed by atoms with van der Waals surface area (Å²) in [7, 11) is 0.